The zero-order valence-corrected chi connectivity index (χ0v) is 11.5. The van der Waals surface area contributed by atoms with Crippen LogP contribution in [0.4, 0.5) is 5.69 Å². The smallest absolute Gasteiger partial charge is 0.248 e. The Kier molecular flexibility index (Phi) is 3.40. The van der Waals surface area contributed by atoms with Crippen molar-refractivity contribution in [1.29, 1.82) is 0 Å². The van der Waals surface area contributed by atoms with E-state index in [1.54, 1.807) is 12.1 Å². The van der Waals surface area contributed by atoms with Crippen LogP contribution in [-0.4, -0.2) is 35.1 Å². The Bertz CT molecular complexity index is 532. The average Bonchev–Trinajstić information content (AvgIpc) is 2.94. The van der Waals surface area contributed by atoms with E-state index >= 15 is 0 Å². The highest BCUT2D eigenvalue weighted by Crippen LogP contribution is 2.38. The number of primary amides is 1. The number of aliphatic hydroxyl groups excluding tert-OH is 1. The van der Waals surface area contributed by atoms with Gasteiger partial charge in [0.25, 0.3) is 0 Å². The molecule has 5 heteroatoms. The molecule has 2 aliphatic rings. The van der Waals surface area contributed by atoms with E-state index in [4.69, 9.17) is 11.5 Å². The van der Waals surface area contributed by atoms with Gasteiger partial charge in [0.2, 0.25) is 5.91 Å². The lowest BCUT2D eigenvalue weighted by Gasteiger charge is -2.19. The van der Waals surface area contributed by atoms with Gasteiger partial charge in [0.05, 0.1) is 6.10 Å². The minimum Gasteiger partial charge on any atom is -0.398 e. The average molecular weight is 275 g/mol. The second kappa shape index (κ2) is 5.07. The maximum Gasteiger partial charge on any atom is 0.248 e. The summed E-state index contributed by atoms with van der Waals surface area (Å²) in [6, 6.07) is 5.24. The maximum absolute atomic E-state index is 11.1. The van der Waals surface area contributed by atoms with Crippen LogP contribution in [0.3, 0.4) is 0 Å². The molecule has 3 rings (SSSR count). The molecule has 1 aliphatic carbocycles. The normalized spacial score (nSPS) is 29.6. The third-order valence-corrected chi connectivity index (χ3v) is 4.72. The number of nitrogen functional groups attached to an aromatic ring is 1. The largest absolute Gasteiger partial charge is 0.398 e. The van der Waals surface area contributed by atoms with E-state index in [1.807, 2.05) is 6.07 Å². The quantitative estimate of drug-likeness (QED) is 0.703. The lowest BCUT2D eigenvalue weighted by atomic mass is 10.00. The highest BCUT2D eigenvalue weighted by molar-refractivity contribution is 5.93. The summed E-state index contributed by atoms with van der Waals surface area (Å²) in [5, 5.41) is 9.93. The minimum atomic E-state index is -0.456. The first-order valence-electron chi connectivity index (χ1n) is 7.13. The monoisotopic (exact) mass is 275 g/mol. The first kappa shape index (κ1) is 13.4. The Hall–Kier alpha value is -1.59. The van der Waals surface area contributed by atoms with Gasteiger partial charge >= 0.3 is 0 Å². The summed E-state index contributed by atoms with van der Waals surface area (Å²) in [5.74, 6) is 0.583. The fourth-order valence-corrected chi connectivity index (χ4v) is 3.59. The molecule has 1 aromatic carbocycles. The zero-order valence-electron chi connectivity index (χ0n) is 11.5. The van der Waals surface area contributed by atoms with E-state index in [9.17, 15) is 9.90 Å². The number of benzene rings is 1. The number of rotatable bonds is 3. The predicted octanol–water partition coefficient (Wildman–Crippen LogP) is 0.570. The van der Waals surface area contributed by atoms with Gasteiger partial charge in [-0.1, -0.05) is 6.07 Å². The van der Waals surface area contributed by atoms with Crippen LogP contribution in [0.5, 0.6) is 0 Å². The molecule has 5 N–H and O–H groups in total. The summed E-state index contributed by atoms with van der Waals surface area (Å²) in [6.45, 7) is 2.73. The van der Waals surface area contributed by atoms with Gasteiger partial charge in [-0.05, 0) is 36.5 Å². The van der Waals surface area contributed by atoms with Crippen LogP contribution >= 0.6 is 0 Å². The van der Waals surface area contributed by atoms with Crippen molar-refractivity contribution < 1.29 is 9.90 Å². The summed E-state index contributed by atoms with van der Waals surface area (Å²) >= 11 is 0. The standard InChI is InChI=1S/C15H21N3O2/c16-13-5-9(15(17)20)1-2-11(13)7-18-6-10-3-4-14(19)12(10)8-18/h1-2,5,10,12,14,19H,3-4,6-8,16H2,(H2,17,20). The molecule has 108 valence electrons. The SMILES string of the molecule is NC(=O)c1ccc(CN2CC3CCC(O)C3C2)c(N)c1. The Morgan fingerprint density at radius 2 is 2.15 bits per heavy atom. The lowest BCUT2D eigenvalue weighted by molar-refractivity contribution is 0.1000. The van der Waals surface area contributed by atoms with Crippen LogP contribution in [0.25, 0.3) is 0 Å². The van der Waals surface area contributed by atoms with Crippen LogP contribution in [0, 0.1) is 11.8 Å². The highest BCUT2D eigenvalue weighted by atomic mass is 16.3. The maximum atomic E-state index is 11.1. The molecule has 0 aromatic heterocycles. The van der Waals surface area contributed by atoms with Crippen molar-refractivity contribution in [3.63, 3.8) is 0 Å². The van der Waals surface area contributed by atoms with Crippen molar-refractivity contribution in [2.45, 2.75) is 25.5 Å². The zero-order chi connectivity index (χ0) is 14.3. The molecule has 3 atom stereocenters. The number of hydrogen-bond donors (Lipinski definition) is 3. The minimum absolute atomic E-state index is 0.139. The third-order valence-electron chi connectivity index (χ3n) is 4.72. The van der Waals surface area contributed by atoms with Crippen LogP contribution in [-0.2, 0) is 6.54 Å². The van der Waals surface area contributed by atoms with Gasteiger partial charge in [-0.3, -0.25) is 9.69 Å². The molecular formula is C15H21N3O2. The number of likely N-dealkylation sites (tertiary alicyclic amines) is 1. The van der Waals surface area contributed by atoms with Crippen molar-refractivity contribution in [1.82, 2.24) is 4.90 Å². The lowest BCUT2D eigenvalue weighted by Crippen LogP contribution is -2.25. The Balaban J connectivity index is 1.68. The second-order valence-corrected chi connectivity index (χ2v) is 6.04. The molecule has 20 heavy (non-hydrogen) atoms. The number of carbonyl (C=O) groups is 1. The number of nitrogens with zero attached hydrogens (tertiary/aromatic N) is 1. The van der Waals surface area contributed by atoms with Crippen LogP contribution in [0.2, 0.25) is 0 Å². The molecule has 1 amide bonds. The molecule has 0 bridgehead atoms. The van der Waals surface area contributed by atoms with Crippen LogP contribution in [0.1, 0.15) is 28.8 Å². The number of anilines is 1. The molecule has 2 fully saturated rings. The number of carbonyl (C=O) groups excluding carboxylic acids is 1. The predicted molar refractivity (Wildman–Crippen MR) is 76.9 cm³/mol. The van der Waals surface area contributed by atoms with Crippen LogP contribution < -0.4 is 11.5 Å². The third kappa shape index (κ3) is 2.39. The fraction of sp³-hybridized carbons (Fsp3) is 0.533. The van der Waals surface area contributed by atoms with Gasteiger partial charge in [0.1, 0.15) is 0 Å². The Morgan fingerprint density at radius 3 is 2.80 bits per heavy atom. The molecule has 1 saturated heterocycles. The van der Waals surface area contributed by atoms with Gasteiger partial charge in [0.15, 0.2) is 0 Å². The highest BCUT2D eigenvalue weighted by Gasteiger charge is 2.41. The summed E-state index contributed by atoms with van der Waals surface area (Å²) in [7, 11) is 0. The van der Waals surface area contributed by atoms with E-state index < -0.39 is 5.91 Å². The van der Waals surface area contributed by atoms with E-state index in [-0.39, 0.29) is 6.10 Å². The van der Waals surface area contributed by atoms with Crippen molar-refractivity contribution in [2.75, 3.05) is 18.8 Å². The molecule has 1 aliphatic heterocycles. The van der Waals surface area contributed by atoms with E-state index in [0.717, 1.165) is 38.0 Å². The molecule has 1 aromatic rings. The van der Waals surface area contributed by atoms with Crippen LogP contribution in [0.15, 0.2) is 18.2 Å². The van der Waals surface area contributed by atoms with Crippen molar-refractivity contribution >= 4 is 11.6 Å². The molecule has 3 unspecified atom stereocenters. The Morgan fingerprint density at radius 1 is 1.35 bits per heavy atom. The van der Waals surface area contributed by atoms with Crippen molar-refractivity contribution in [3.05, 3.63) is 29.3 Å². The van der Waals surface area contributed by atoms with Gasteiger partial charge in [-0.15, -0.1) is 0 Å². The summed E-state index contributed by atoms with van der Waals surface area (Å²) in [5.41, 5.74) is 13.3. The fourth-order valence-electron chi connectivity index (χ4n) is 3.59. The molecule has 1 heterocycles. The summed E-state index contributed by atoms with van der Waals surface area (Å²) < 4.78 is 0. The number of amides is 1. The van der Waals surface area contributed by atoms with Gasteiger partial charge in [0, 0.05) is 36.8 Å². The molecule has 5 nitrogen and oxygen atoms in total. The van der Waals surface area contributed by atoms with E-state index in [0.29, 0.717) is 23.1 Å². The molecule has 0 radical (unpaired) electrons. The van der Waals surface area contributed by atoms with Crippen molar-refractivity contribution in [2.24, 2.45) is 17.6 Å². The van der Waals surface area contributed by atoms with Gasteiger partial charge < -0.3 is 16.6 Å². The number of hydrogen-bond acceptors (Lipinski definition) is 4. The first-order chi connectivity index (χ1) is 9.54. The molecule has 1 saturated carbocycles. The topological polar surface area (TPSA) is 92.6 Å². The first-order valence-corrected chi connectivity index (χ1v) is 7.13. The Labute approximate surface area is 118 Å². The number of nitrogens with two attached hydrogens (primary N) is 2. The summed E-state index contributed by atoms with van der Waals surface area (Å²) in [4.78, 5) is 13.4. The van der Waals surface area contributed by atoms with Gasteiger partial charge in [-0.2, -0.15) is 0 Å². The number of fused-ring (bicyclic) bond motifs is 1. The van der Waals surface area contributed by atoms with Crippen molar-refractivity contribution in [3.8, 4) is 0 Å². The van der Waals surface area contributed by atoms with Gasteiger partial charge in [-0.25, -0.2) is 0 Å². The second-order valence-electron chi connectivity index (χ2n) is 6.04. The summed E-state index contributed by atoms with van der Waals surface area (Å²) in [6.07, 6.45) is 1.93. The molecule has 0 spiro atoms. The molecular weight excluding hydrogens is 254 g/mol. The van der Waals surface area contributed by atoms with E-state index in [1.165, 1.54) is 0 Å². The van der Waals surface area contributed by atoms with E-state index in [2.05, 4.69) is 4.90 Å². The number of aliphatic hydroxyl groups is 1.